The fourth-order valence-corrected chi connectivity index (χ4v) is 3.93. The van der Waals surface area contributed by atoms with Crippen molar-refractivity contribution in [2.75, 3.05) is 26.2 Å². The number of carboxylic acids is 1. The maximum Gasteiger partial charge on any atom is 0.311 e. The van der Waals surface area contributed by atoms with Crippen LogP contribution >= 0.6 is 0 Å². The van der Waals surface area contributed by atoms with Crippen molar-refractivity contribution >= 4 is 11.7 Å². The number of para-hydroxylation sites is 2. The van der Waals surface area contributed by atoms with E-state index < -0.39 is 16.3 Å². The molecule has 23 heavy (non-hydrogen) atoms. The number of likely N-dealkylation sites (tertiary alicyclic amines) is 1. The van der Waals surface area contributed by atoms with Gasteiger partial charge in [-0.25, -0.2) is 0 Å². The number of nitrogens with zero attached hydrogens (tertiary/aromatic N) is 2. The summed E-state index contributed by atoms with van der Waals surface area (Å²) < 4.78 is 5.55. The molecule has 1 N–H and O–H groups in total. The monoisotopic (exact) mass is 320 g/mol. The van der Waals surface area contributed by atoms with Gasteiger partial charge in [-0.05, 0) is 24.8 Å². The summed E-state index contributed by atoms with van der Waals surface area (Å²) >= 11 is 0. The van der Waals surface area contributed by atoms with E-state index >= 15 is 0 Å². The first kappa shape index (κ1) is 15.7. The highest BCUT2D eigenvalue weighted by atomic mass is 16.6. The summed E-state index contributed by atoms with van der Waals surface area (Å²) in [5.74, 6) is -0.224. The smallest absolute Gasteiger partial charge is 0.311 e. The molecule has 1 heterocycles. The Morgan fingerprint density at radius 2 is 2.26 bits per heavy atom. The van der Waals surface area contributed by atoms with Crippen LogP contribution in [-0.4, -0.2) is 47.1 Å². The van der Waals surface area contributed by atoms with Crippen LogP contribution < -0.4 is 4.74 Å². The molecular formula is C16H20N2O5. The quantitative estimate of drug-likeness (QED) is 0.638. The number of hydrogen-bond acceptors (Lipinski definition) is 5. The van der Waals surface area contributed by atoms with Crippen LogP contribution in [0.4, 0.5) is 5.69 Å². The lowest BCUT2D eigenvalue weighted by Crippen LogP contribution is -2.36. The number of aliphatic carboxylic acids is 1. The first-order valence-electron chi connectivity index (χ1n) is 7.85. The Labute approximate surface area is 134 Å². The molecule has 0 spiro atoms. The molecule has 1 aromatic rings. The van der Waals surface area contributed by atoms with Gasteiger partial charge in [0.2, 0.25) is 0 Å². The van der Waals surface area contributed by atoms with Crippen molar-refractivity contribution in [3.8, 4) is 5.75 Å². The number of benzene rings is 1. The van der Waals surface area contributed by atoms with E-state index in [0.717, 1.165) is 25.8 Å². The maximum absolute atomic E-state index is 11.6. The van der Waals surface area contributed by atoms with Gasteiger partial charge in [-0.2, -0.15) is 0 Å². The molecule has 0 aromatic heterocycles. The Morgan fingerprint density at radius 3 is 2.96 bits per heavy atom. The molecule has 7 heteroatoms. The van der Waals surface area contributed by atoms with Crippen molar-refractivity contribution in [2.24, 2.45) is 11.3 Å². The van der Waals surface area contributed by atoms with Gasteiger partial charge in [0.1, 0.15) is 6.61 Å². The van der Waals surface area contributed by atoms with Crippen LogP contribution in [0.5, 0.6) is 5.75 Å². The summed E-state index contributed by atoms with van der Waals surface area (Å²) in [6, 6.07) is 6.29. The number of rotatable bonds is 6. The summed E-state index contributed by atoms with van der Waals surface area (Å²) in [6.45, 7) is 2.21. The van der Waals surface area contributed by atoms with Crippen molar-refractivity contribution in [1.29, 1.82) is 0 Å². The maximum atomic E-state index is 11.6. The van der Waals surface area contributed by atoms with E-state index in [1.165, 1.54) is 6.07 Å². The molecule has 1 saturated heterocycles. The second kappa shape index (κ2) is 6.16. The van der Waals surface area contributed by atoms with E-state index in [2.05, 4.69) is 4.90 Å². The minimum Gasteiger partial charge on any atom is -0.485 e. The second-order valence-electron chi connectivity index (χ2n) is 6.36. The van der Waals surface area contributed by atoms with Crippen LogP contribution in [-0.2, 0) is 4.79 Å². The van der Waals surface area contributed by atoms with Crippen molar-refractivity contribution < 1.29 is 19.6 Å². The predicted molar refractivity (Wildman–Crippen MR) is 82.4 cm³/mol. The lowest BCUT2D eigenvalue weighted by molar-refractivity contribution is -0.385. The molecule has 3 rings (SSSR count). The summed E-state index contributed by atoms with van der Waals surface area (Å²) in [7, 11) is 0. The zero-order chi connectivity index (χ0) is 16.4. The molecule has 124 valence electrons. The van der Waals surface area contributed by atoms with Gasteiger partial charge in [-0.3, -0.25) is 19.8 Å². The van der Waals surface area contributed by atoms with Gasteiger partial charge in [0.15, 0.2) is 5.75 Å². The number of carboxylic acid groups (broad SMARTS) is 1. The van der Waals surface area contributed by atoms with Crippen LogP contribution in [0.1, 0.15) is 19.3 Å². The average Bonchev–Trinajstić information content (AvgIpc) is 3.05. The lowest BCUT2D eigenvalue weighted by Gasteiger charge is -2.23. The Balaban J connectivity index is 1.57. The summed E-state index contributed by atoms with van der Waals surface area (Å²) in [5.41, 5.74) is -0.647. The van der Waals surface area contributed by atoms with Gasteiger partial charge in [0.05, 0.1) is 10.3 Å². The standard InChI is InChI=1S/C16H20N2O5/c19-15(20)16-7-3-4-12(16)10-17(11-16)8-9-23-14-6-2-1-5-13(14)18(21)22/h1-2,5-6,12H,3-4,7-11H2,(H,19,20)/t12-,16+/m0/s1. The van der Waals surface area contributed by atoms with Gasteiger partial charge in [0, 0.05) is 25.7 Å². The fraction of sp³-hybridized carbons (Fsp3) is 0.562. The summed E-state index contributed by atoms with van der Waals surface area (Å²) in [5, 5.41) is 20.5. The Bertz CT molecular complexity index is 620. The zero-order valence-corrected chi connectivity index (χ0v) is 12.8. The Hall–Kier alpha value is -2.15. The number of ether oxygens (including phenoxy) is 1. The number of nitro benzene ring substituents is 1. The molecule has 1 saturated carbocycles. The number of fused-ring (bicyclic) bond motifs is 1. The molecule has 0 radical (unpaired) electrons. The third-order valence-electron chi connectivity index (χ3n) is 5.09. The molecule has 0 unspecified atom stereocenters. The van der Waals surface area contributed by atoms with E-state index in [1.807, 2.05) is 0 Å². The first-order chi connectivity index (χ1) is 11.0. The number of carbonyl (C=O) groups is 1. The highest BCUT2D eigenvalue weighted by molar-refractivity contribution is 5.76. The van der Waals surface area contributed by atoms with E-state index in [1.54, 1.807) is 18.2 Å². The largest absolute Gasteiger partial charge is 0.485 e. The van der Waals surface area contributed by atoms with Gasteiger partial charge in [-0.1, -0.05) is 18.6 Å². The van der Waals surface area contributed by atoms with E-state index in [-0.39, 0.29) is 17.4 Å². The van der Waals surface area contributed by atoms with Gasteiger partial charge >= 0.3 is 11.7 Å². The van der Waals surface area contributed by atoms with Crippen molar-refractivity contribution in [2.45, 2.75) is 19.3 Å². The molecule has 2 atom stereocenters. The Kier molecular flexibility index (Phi) is 4.21. The highest BCUT2D eigenvalue weighted by Crippen LogP contribution is 2.48. The van der Waals surface area contributed by atoms with Gasteiger partial charge < -0.3 is 9.84 Å². The molecule has 2 fully saturated rings. The fourth-order valence-electron chi connectivity index (χ4n) is 3.93. The lowest BCUT2D eigenvalue weighted by atomic mass is 9.81. The van der Waals surface area contributed by atoms with Crippen LogP contribution in [0.15, 0.2) is 24.3 Å². The number of hydrogen-bond donors (Lipinski definition) is 1. The minimum atomic E-state index is -0.692. The zero-order valence-electron chi connectivity index (χ0n) is 12.8. The second-order valence-corrected chi connectivity index (χ2v) is 6.36. The van der Waals surface area contributed by atoms with Crippen molar-refractivity contribution in [3.05, 3.63) is 34.4 Å². The molecule has 7 nitrogen and oxygen atoms in total. The summed E-state index contributed by atoms with van der Waals surface area (Å²) in [6.07, 6.45) is 2.69. The van der Waals surface area contributed by atoms with E-state index in [4.69, 9.17) is 4.74 Å². The molecule has 2 aliphatic rings. The SMILES string of the molecule is O=C(O)[C@@]12CCC[C@H]1CN(CCOc1ccccc1[N+](=O)[O-])C2. The van der Waals surface area contributed by atoms with Crippen LogP contribution in [0.25, 0.3) is 0 Å². The first-order valence-corrected chi connectivity index (χ1v) is 7.85. The third-order valence-corrected chi connectivity index (χ3v) is 5.09. The molecule has 1 aromatic carbocycles. The van der Waals surface area contributed by atoms with Gasteiger partial charge in [0.25, 0.3) is 0 Å². The predicted octanol–water partition coefficient (Wildman–Crippen LogP) is 2.16. The molecule has 0 amide bonds. The van der Waals surface area contributed by atoms with Crippen molar-refractivity contribution in [1.82, 2.24) is 4.90 Å². The minimum absolute atomic E-state index is 0.0483. The Morgan fingerprint density at radius 1 is 1.48 bits per heavy atom. The molecule has 1 aliphatic carbocycles. The van der Waals surface area contributed by atoms with Crippen LogP contribution in [0, 0.1) is 21.4 Å². The molecular weight excluding hydrogens is 300 g/mol. The van der Waals surface area contributed by atoms with Crippen LogP contribution in [0.3, 0.4) is 0 Å². The normalized spacial score (nSPS) is 26.9. The number of nitro groups is 1. The van der Waals surface area contributed by atoms with Crippen LogP contribution in [0.2, 0.25) is 0 Å². The van der Waals surface area contributed by atoms with E-state index in [9.17, 15) is 20.0 Å². The third kappa shape index (κ3) is 2.88. The highest BCUT2D eigenvalue weighted by Gasteiger charge is 2.54. The molecule has 0 bridgehead atoms. The molecule has 1 aliphatic heterocycles. The summed E-state index contributed by atoms with van der Waals surface area (Å²) in [4.78, 5) is 24.2. The topological polar surface area (TPSA) is 92.9 Å². The van der Waals surface area contributed by atoms with E-state index in [0.29, 0.717) is 19.7 Å². The van der Waals surface area contributed by atoms with Crippen molar-refractivity contribution in [3.63, 3.8) is 0 Å². The average molecular weight is 320 g/mol. The van der Waals surface area contributed by atoms with Gasteiger partial charge in [-0.15, -0.1) is 0 Å².